The SMILES string of the molecule is CC(C)Oc1ccccc1CNCCC1CC1. The fourth-order valence-electron chi connectivity index (χ4n) is 1.95. The van der Waals surface area contributed by atoms with Crippen molar-refractivity contribution in [3.8, 4) is 5.75 Å². The zero-order valence-electron chi connectivity index (χ0n) is 10.9. The number of nitrogens with one attached hydrogen (secondary N) is 1. The molecule has 1 aliphatic rings. The predicted molar refractivity (Wildman–Crippen MR) is 71.3 cm³/mol. The van der Waals surface area contributed by atoms with E-state index in [9.17, 15) is 0 Å². The molecule has 1 saturated carbocycles. The molecule has 0 bridgehead atoms. The highest BCUT2D eigenvalue weighted by Gasteiger charge is 2.19. The molecule has 1 fully saturated rings. The summed E-state index contributed by atoms with van der Waals surface area (Å²) in [6.07, 6.45) is 4.44. The lowest BCUT2D eigenvalue weighted by Crippen LogP contribution is -2.16. The topological polar surface area (TPSA) is 21.3 Å². The van der Waals surface area contributed by atoms with E-state index in [0.29, 0.717) is 0 Å². The van der Waals surface area contributed by atoms with E-state index in [4.69, 9.17) is 4.74 Å². The van der Waals surface area contributed by atoms with Gasteiger partial charge in [0.05, 0.1) is 6.10 Å². The first-order valence-corrected chi connectivity index (χ1v) is 6.71. The van der Waals surface area contributed by atoms with Crippen molar-refractivity contribution in [2.24, 2.45) is 5.92 Å². The van der Waals surface area contributed by atoms with E-state index < -0.39 is 0 Å². The van der Waals surface area contributed by atoms with Crippen LogP contribution in [0.2, 0.25) is 0 Å². The molecular formula is C15H23NO. The second kappa shape index (κ2) is 6.06. The van der Waals surface area contributed by atoms with Gasteiger partial charge in [-0.05, 0) is 38.8 Å². The van der Waals surface area contributed by atoms with Crippen LogP contribution in [0.5, 0.6) is 5.75 Å². The summed E-state index contributed by atoms with van der Waals surface area (Å²) in [7, 11) is 0. The third-order valence-electron chi connectivity index (χ3n) is 3.08. The summed E-state index contributed by atoms with van der Waals surface area (Å²) >= 11 is 0. The number of ether oxygens (including phenoxy) is 1. The number of hydrogen-bond acceptors (Lipinski definition) is 2. The molecule has 0 spiro atoms. The summed E-state index contributed by atoms with van der Waals surface area (Å²) in [5, 5.41) is 3.51. The summed E-state index contributed by atoms with van der Waals surface area (Å²) in [5.74, 6) is 2.02. The van der Waals surface area contributed by atoms with E-state index in [2.05, 4.69) is 37.4 Å². The van der Waals surface area contributed by atoms with Crippen molar-refractivity contribution >= 4 is 0 Å². The van der Waals surface area contributed by atoms with Crippen molar-refractivity contribution in [2.45, 2.75) is 45.8 Å². The molecule has 0 atom stereocenters. The van der Waals surface area contributed by atoms with Gasteiger partial charge in [0.25, 0.3) is 0 Å². The molecule has 1 aromatic rings. The van der Waals surface area contributed by atoms with Gasteiger partial charge in [-0.3, -0.25) is 0 Å². The first-order valence-electron chi connectivity index (χ1n) is 6.71. The second-order valence-corrected chi connectivity index (χ2v) is 5.18. The Hall–Kier alpha value is -1.02. The maximum Gasteiger partial charge on any atom is 0.124 e. The number of benzene rings is 1. The van der Waals surface area contributed by atoms with Crippen LogP contribution < -0.4 is 10.1 Å². The van der Waals surface area contributed by atoms with Gasteiger partial charge < -0.3 is 10.1 Å². The first kappa shape index (κ1) is 12.4. The molecule has 2 heteroatoms. The lowest BCUT2D eigenvalue weighted by Gasteiger charge is -2.14. The monoisotopic (exact) mass is 233 g/mol. The Morgan fingerprint density at radius 2 is 2.06 bits per heavy atom. The summed E-state index contributed by atoms with van der Waals surface area (Å²) < 4.78 is 5.80. The summed E-state index contributed by atoms with van der Waals surface area (Å²) in [6, 6.07) is 8.30. The average Bonchev–Trinajstić information content (AvgIpc) is 3.09. The van der Waals surface area contributed by atoms with Crippen LogP contribution in [0, 0.1) is 5.92 Å². The molecule has 0 saturated heterocycles. The highest BCUT2D eigenvalue weighted by Crippen LogP contribution is 2.31. The second-order valence-electron chi connectivity index (χ2n) is 5.18. The normalized spacial score (nSPS) is 15.2. The number of hydrogen-bond donors (Lipinski definition) is 1. The maximum absolute atomic E-state index is 5.80. The highest BCUT2D eigenvalue weighted by molar-refractivity contribution is 5.33. The van der Waals surface area contributed by atoms with Gasteiger partial charge >= 0.3 is 0 Å². The standard InChI is InChI=1S/C15H23NO/c1-12(2)17-15-6-4-3-5-14(15)11-16-10-9-13-7-8-13/h3-6,12-13,16H,7-11H2,1-2H3. The number of para-hydroxylation sites is 1. The van der Waals surface area contributed by atoms with Gasteiger partial charge in [-0.15, -0.1) is 0 Å². The zero-order chi connectivity index (χ0) is 12.1. The zero-order valence-corrected chi connectivity index (χ0v) is 10.9. The van der Waals surface area contributed by atoms with Crippen molar-refractivity contribution in [3.05, 3.63) is 29.8 Å². The Balaban J connectivity index is 1.80. The third kappa shape index (κ3) is 4.39. The fourth-order valence-corrected chi connectivity index (χ4v) is 1.95. The largest absolute Gasteiger partial charge is 0.491 e. The van der Waals surface area contributed by atoms with E-state index in [1.807, 2.05) is 6.07 Å². The Bertz CT molecular complexity index is 345. The van der Waals surface area contributed by atoms with Crippen molar-refractivity contribution < 1.29 is 4.74 Å². The number of rotatable bonds is 7. The molecule has 2 nitrogen and oxygen atoms in total. The molecule has 0 radical (unpaired) electrons. The quantitative estimate of drug-likeness (QED) is 0.729. The van der Waals surface area contributed by atoms with E-state index in [1.165, 1.54) is 24.8 Å². The van der Waals surface area contributed by atoms with Crippen LogP contribution in [0.15, 0.2) is 24.3 Å². The average molecular weight is 233 g/mol. The summed E-state index contributed by atoms with van der Waals surface area (Å²) in [4.78, 5) is 0. The van der Waals surface area contributed by atoms with Gasteiger partial charge in [0.15, 0.2) is 0 Å². The minimum atomic E-state index is 0.239. The van der Waals surface area contributed by atoms with Crippen LogP contribution in [0.25, 0.3) is 0 Å². The summed E-state index contributed by atoms with van der Waals surface area (Å²) in [6.45, 7) is 6.17. The van der Waals surface area contributed by atoms with E-state index in [0.717, 1.165) is 24.8 Å². The van der Waals surface area contributed by atoms with Crippen LogP contribution in [0.4, 0.5) is 0 Å². The van der Waals surface area contributed by atoms with Gasteiger partial charge in [-0.1, -0.05) is 31.0 Å². The first-order chi connectivity index (χ1) is 8.25. The van der Waals surface area contributed by atoms with Gasteiger partial charge in [0.2, 0.25) is 0 Å². The van der Waals surface area contributed by atoms with Gasteiger partial charge in [-0.25, -0.2) is 0 Å². The molecule has 0 unspecified atom stereocenters. The van der Waals surface area contributed by atoms with E-state index in [1.54, 1.807) is 0 Å². The Labute approximate surface area is 104 Å². The molecule has 1 aromatic carbocycles. The van der Waals surface area contributed by atoms with Crippen LogP contribution in [0.3, 0.4) is 0 Å². The fraction of sp³-hybridized carbons (Fsp3) is 0.600. The van der Waals surface area contributed by atoms with Crippen LogP contribution in [-0.4, -0.2) is 12.6 Å². The van der Waals surface area contributed by atoms with Crippen LogP contribution in [0.1, 0.15) is 38.7 Å². The van der Waals surface area contributed by atoms with Gasteiger partial charge in [0, 0.05) is 12.1 Å². The van der Waals surface area contributed by atoms with Gasteiger partial charge in [-0.2, -0.15) is 0 Å². The minimum absolute atomic E-state index is 0.239. The van der Waals surface area contributed by atoms with E-state index >= 15 is 0 Å². The minimum Gasteiger partial charge on any atom is -0.491 e. The lowest BCUT2D eigenvalue weighted by atomic mass is 10.2. The van der Waals surface area contributed by atoms with Crippen molar-refractivity contribution in [3.63, 3.8) is 0 Å². The molecule has 94 valence electrons. The molecule has 0 heterocycles. The molecule has 1 aliphatic carbocycles. The molecule has 0 amide bonds. The lowest BCUT2D eigenvalue weighted by molar-refractivity contribution is 0.239. The summed E-state index contributed by atoms with van der Waals surface area (Å²) in [5.41, 5.74) is 1.26. The highest BCUT2D eigenvalue weighted by atomic mass is 16.5. The van der Waals surface area contributed by atoms with E-state index in [-0.39, 0.29) is 6.10 Å². The molecule has 0 aliphatic heterocycles. The van der Waals surface area contributed by atoms with Gasteiger partial charge in [0.1, 0.15) is 5.75 Å². The molecule has 1 N–H and O–H groups in total. The molecule has 17 heavy (non-hydrogen) atoms. The van der Waals surface area contributed by atoms with Crippen LogP contribution in [-0.2, 0) is 6.54 Å². The Morgan fingerprint density at radius 1 is 1.29 bits per heavy atom. The third-order valence-corrected chi connectivity index (χ3v) is 3.08. The molecular weight excluding hydrogens is 210 g/mol. The van der Waals surface area contributed by atoms with Crippen molar-refractivity contribution in [1.82, 2.24) is 5.32 Å². The molecule has 2 rings (SSSR count). The van der Waals surface area contributed by atoms with Crippen molar-refractivity contribution in [1.29, 1.82) is 0 Å². The predicted octanol–water partition coefficient (Wildman–Crippen LogP) is 3.36. The smallest absolute Gasteiger partial charge is 0.124 e. The Morgan fingerprint density at radius 3 is 2.76 bits per heavy atom. The molecule has 0 aromatic heterocycles. The van der Waals surface area contributed by atoms with Crippen LogP contribution >= 0.6 is 0 Å². The maximum atomic E-state index is 5.80. The van der Waals surface area contributed by atoms with Crippen molar-refractivity contribution in [2.75, 3.05) is 6.54 Å². The Kier molecular flexibility index (Phi) is 4.43.